The van der Waals surface area contributed by atoms with Gasteiger partial charge in [-0.15, -0.1) is 10.2 Å². The molecule has 1 N–H and O–H groups in total. The molecule has 1 aliphatic carbocycles. The zero-order chi connectivity index (χ0) is 21.4. The van der Waals surface area contributed by atoms with Crippen LogP contribution in [0.5, 0.6) is 11.5 Å². The summed E-state index contributed by atoms with van der Waals surface area (Å²) in [4.78, 5) is 12.6. The summed E-state index contributed by atoms with van der Waals surface area (Å²) < 4.78 is 27.0. The van der Waals surface area contributed by atoms with Gasteiger partial charge in [-0.1, -0.05) is 30.0 Å². The normalized spacial score (nSPS) is 15.7. The molecular weight excluding hydrogens is 419 g/mol. The molecule has 0 unspecified atom stereocenters. The predicted molar refractivity (Wildman–Crippen MR) is 114 cm³/mol. The second-order valence-corrected chi connectivity index (χ2v) is 8.52. The Morgan fingerprint density at radius 2 is 2.03 bits per heavy atom. The van der Waals surface area contributed by atoms with Crippen molar-refractivity contribution >= 4 is 17.7 Å². The monoisotopic (exact) mass is 440 g/mol. The van der Waals surface area contributed by atoms with Crippen LogP contribution >= 0.6 is 11.8 Å². The highest BCUT2D eigenvalue weighted by Crippen LogP contribution is 2.41. The van der Waals surface area contributed by atoms with Crippen molar-refractivity contribution in [2.75, 3.05) is 12.5 Å². The molecule has 0 saturated heterocycles. The van der Waals surface area contributed by atoms with Gasteiger partial charge in [0.15, 0.2) is 22.5 Å². The Morgan fingerprint density at radius 3 is 2.84 bits per heavy atom. The standard InChI is InChI=1S/C22H21FN4O3S/c1-13(14-6-9-18-19(10-14)30-12-29-18)24-20(28)11-31-22-26-25-21(27(22)15-7-8-15)16-4-2-3-5-17(16)23/h2-6,9-10,13,15H,7-8,11-12H2,1H3,(H,24,28)/t13-/m1/s1. The average Bonchev–Trinajstić information content (AvgIpc) is 3.34. The van der Waals surface area contributed by atoms with Crippen LogP contribution in [0.25, 0.3) is 11.4 Å². The number of carbonyl (C=O) groups is 1. The average molecular weight is 441 g/mol. The van der Waals surface area contributed by atoms with Crippen LogP contribution in [0.15, 0.2) is 47.6 Å². The van der Waals surface area contributed by atoms with E-state index in [2.05, 4.69) is 15.5 Å². The van der Waals surface area contributed by atoms with Gasteiger partial charge in [-0.05, 0) is 49.6 Å². The van der Waals surface area contributed by atoms with E-state index in [4.69, 9.17) is 9.47 Å². The fourth-order valence-electron chi connectivity index (χ4n) is 3.54. The van der Waals surface area contributed by atoms with Crippen molar-refractivity contribution in [3.05, 3.63) is 53.8 Å². The number of thioether (sulfide) groups is 1. The number of rotatable bonds is 7. The second-order valence-electron chi connectivity index (χ2n) is 7.58. The number of carbonyl (C=O) groups excluding carboxylic acids is 1. The lowest BCUT2D eigenvalue weighted by Gasteiger charge is -2.15. The number of nitrogens with zero attached hydrogens (tertiary/aromatic N) is 3. The number of aromatic nitrogens is 3. The summed E-state index contributed by atoms with van der Waals surface area (Å²) in [6.45, 7) is 2.13. The molecule has 0 bridgehead atoms. The molecule has 9 heteroatoms. The molecule has 1 fully saturated rings. The molecule has 2 aliphatic rings. The molecule has 160 valence electrons. The highest BCUT2D eigenvalue weighted by atomic mass is 32.2. The van der Waals surface area contributed by atoms with Crippen molar-refractivity contribution in [2.24, 2.45) is 0 Å². The summed E-state index contributed by atoms with van der Waals surface area (Å²) in [6, 6.07) is 12.3. The molecule has 0 spiro atoms. The minimum absolute atomic E-state index is 0.118. The van der Waals surface area contributed by atoms with Crippen LogP contribution in [0.1, 0.15) is 37.4 Å². The van der Waals surface area contributed by atoms with Crippen LogP contribution in [0, 0.1) is 5.82 Å². The summed E-state index contributed by atoms with van der Waals surface area (Å²) in [5.41, 5.74) is 1.36. The third-order valence-electron chi connectivity index (χ3n) is 5.30. The first-order valence-electron chi connectivity index (χ1n) is 10.1. The zero-order valence-electron chi connectivity index (χ0n) is 16.9. The van der Waals surface area contributed by atoms with Crippen molar-refractivity contribution < 1.29 is 18.7 Å². The third kappa shape index (κ3) is 4.10. The molecule has 2 heterocycles. The number of amides is 1. The van der Waals surface area contributed by atoms with Gasteiger partial charge in [0.2, 0.25) is 12.7 Å². The van der Waals surface area contributed by atoms with Gasteiger partial charge < -0.3 is 14.8 Å². The fourth-order valence-corrected chi connectivity index (χ4v) is 4.36. The maximum Gasteiger partial charge on any atom is 0.231 e. The second kappa shape index (κ2) is 8.22. The molecule has 0 radical (unpaired) electrons. The number of fused-ring (bicyclic) bond motifs is 1. The van der Waals surface area contributed by atoms with Crippen molar-refractivity contribution in [3.8, 4) is 22.9 Å². The SMILES string of the molecule is C[C@@H](NC(=O)CSc1nnc(-c2ccccc2F)n1C1CC1)c1ccc2c(c1)OCO2. The number of nitrogens with one attached hydrogen (secondary N) is 1. The highest BCUT2D eigenvalue weighted by Gasteiger charge is 2.31. The lowest BCUT2D eigenvalue weighted by Crippen LogP contribution is -2.28. The van der Waals surface area contributed by atoms with Crippen LogP contribution in [0.3, 0.4) is 0 Å². The number of ether oxygens (including phenoxy) is 2. The van der Waals surface area contributed by atoms with Crippen LogP contribution in [-0.2, 0) is 4.79 Å². The quantitative estimate of drug-likeness (QED) is 0.557. The smallest absolute Gasteiger partial charge is 0.231 e. The van der Waals surface area contributed by atoms with E-state index >= 15 is 0 Å². The van der Waals surface area contributed by atoms with Crippen LogP contribution < -0.4 is 14.8 Å². The van der Waals surface area contributed by atoms with Gasteiger partial charge in [-0.25, -0.2) is 4.39 Å². The first-order chi connectivity index (χ1) is 15.1. The molecule has 31 heavy (non-hydrogen) atoms. The molecule has 5 rings (SSSR count). The Labute approximate surface area is 183 Å². The van der Waals surface area contributed by atoms with E-state index in [1.807, 2.05) is 29.7 Å². The van der Waals surface area contributed by atoms with Gasteiger partial charge >= 0.3 is 0 Å². The Balaban J connectivity index is 1.26. The lowest BCUT2D eigenvalue weighted by atomic mass is 10.1. The summed E-state index contributed by atoms with van der Waals surface area (Å²) in [5, 5.41) is 12.1. The van der Waals surface area contributed by atoms with Crippen molar-refractivity contribution in [1.29, 1.82) is 0 Å². The van der Waals surface area contributed by atoms with Crippen molar-refractivity contribution in [2.45, 2.75) is 37.0 Å². The maximum atomic E-state index is 14.3. The molecule has 1 aromatic heterocycles. The summed E-state index contributed by atoms with van der Waals surface area (Å²) in [7, 11) is 0. The summed E-state index contributed by atoms with van der Waals surface area (Å²) in [6.07, 6.45) is 2.00. The fraction of sp³-hybridized carbons (Fsp3) is 0.318. The maximum absolute atomic E-state index is 14.3. The molecule has 1 amide bonds. The molecule has 1 aliphatic heterocycles. The van der Waals surface area contributed by atoms with E-state index in [0.717, 1.165) is 18.4 Å². The van der Waals surface area contributed by atoms with E-state index < -0.39 is 0 Å². The summed E-state index contributed by atoms with van der Waals surface area (Å²) in [5.74, 6) is 1.65. The first-order valence-corrected chi connectivity index (χ1v) is 11.1. The van der Waals surface area contributed by atoms with Gasteiger partial charge in [0.1, 0.15) is 5.82 Å². The van der Waals surface area contributed by atoms with E-state index in [1.165, 1.54) is 17.8 Å². The molecular formula is C22H21FN4O3S. The highest BCUT2D eigenvalue weighted by molar-refractivity contribution is 7.99. The van der Waals surface area contributed by atoms with Crippen molar-refractivity contribution in [1.82, 2.24) is 20.1 Å². The van der Waals surface area contributed by atoms with Crippen LogP contribution in [-0.4, -0.2) is 33.2 Å². The Hall–Kier alpha value is -3.07. The minimum Gasteiger partial charge on any atom is -0.454 e. The molecule has 3 aromatic rings. The van der Waals surface area contributed by atoms with Gasteiger partial charge in [0.05, 0.1) is 17.4 Å². The largest absolute Gasteiger partial charge is 0.454 e. The Kier molecular flexibility index (Phi) is 5.27. The molecule has 1 saturated carbocycles. The number of hydrogen-bond donors (Lipinski definition) is 1. The predicted octanol–water partition coefficient (Wildman–Crippen LogP) is 4.12. The van der Waals surface area contributed by atoms with Gasteiger partial charge in [0, 0.05) is 6.04 Å². The first kappa shape index (κ1) is 19.9. The van der Waals surface area contributed by atoms with E-state index in [0.29, 0.717) is 28.0 Å². The van der Waals surface area contributed by atoms with E-state index in [1.54, 1.807) is 18.2 Å². The van der Waals surface area contributed by atoms with Crippen LogP contribution in [0.4, 0.5) is 4.39 Å². The zero-order valence-corrected chi connectivity index (χ0v) is 17.7. The number of benzene rings is 2. The summed E-state index contributed by atoms with van der Waals surface area (Å²) >= 11 is 1.31. The van der Waals surface area contributed by atoms with Gasteiger partial charge in [0.25, 0.3) is 0 Å². The molecule has 2 aromatic carbocycles. The molecule has 7 nitrogen and oxygen atoms in total. The topological polar surface area (TPSA) is 78.3 Å². The van der Waals surface area contributed by atoms with E-state index in [-0.39, 0.29) is 36.4 Å². The van der Waals surface area contributed by atoms with Gasteiger partial charge in [-0.3, -0.25) is 9.36 Å². The lowest BCUT2D eigenvalue weighted by molar-refractivity contribution is -0.119. The van der Waals surface area contributed by atoms with Crippen LogP contribution in [0.2, 0.25) is 0 Å². The van der Waals surface area contributed by atoms with Crippen molar-refractivity contribution in [3.63, 3.8) is 0 Å². The third-order valence-corrected chi connectivity index (χ3v) is 6.24. The minimum atomic E-state index is -0.330. The Bertz CT molecular complexity index is 1130. The number of halogens is 1. The molecule has 1 atom stereocenters. The number of hydrogen-bond acceptors (Lipinski definition) is 6. The Morgan fingerprint density at radius 1 is 1.23 bits per heavy atom. The van der Waals surface area contributed by atoms with E-state index in [9.17, 15) is 9.18 Å². The van der Waals surface area contributed by atoms with Gasteiger partial charge in [-0.2, -0.15) is 0 Å².